The van der Waals surface area contributed by atoms with Crippen LogP contribution in [-0.2, 0) is 14.3 Å². The molecule has 1 aromatic rings. The average Bonchev–Trinajstić information content (AvgIpc) is 2.96. The van der Waals surface area contributed by atoms with Crippen molar-refractivity contribution in [1.29, 1.82) is 0 Å². The van der Waals surface area contributed by atoms with Crippen LogP contribution in [0.15, 0.2) is 28.7 Å². The second-order valence-electron chi connectivity index (χ2n) is 6.12. The minimum atomic E-state index is -0.242. The second kappa shape index (κ2) is 7.01. The SMILES string of the molecule is COC1CCN(C(=O)[C@@H]2CC(=O)N(c3ccccc3Br)C2)CC1. The van der Waals surface area contributed by atoms with Crippen molar-refractivity contribution >= 4 is 33.4 Å². The monoisotopic (exact) mass is 380 g/mol. The van der Waals surface area contributed by atoms with Gasteiger partial charge in [-0.05, 0) is 40.9 Å². The number of nitrogens with zero attached hydrogens (tertiary/aromatic N) is 2. The Balaban J connectivity index is 1.66. The quantitative estimate of drug-likeness (QED) is 0.808. The molecule has 0 aliphatic carbocycles. The Morgan fingerprint density at radius 2 is 1.96 bits per heavy atom. The fourth-order valence-electron chi connectivity index (χ4n) is 3.35. The molecule has 5 nitrogen and oxygen atoms in total. The summed E-state index contributed by atoms with van der Waals surface area (Å²) in [4.78, 5) is 28.6. The number of carbonyl (C=O) groups is 2. The molecule has 0 N–H and O–H groups in total. The fourth-order valence-corrected chi connectivity index (χ4v) is 3.85. The van der Waals surface area contributed by atoms with Crippen LogP contribution in [0.1, 0.15) is 19.3 Å². The summed E-state index contributed by atoms with van der Waals surface area (Å²) in [6, 6.07) is 7.63. The number of halogens is 1. The van der Waals surface area contributed by atoms with Gasteiger partial charge < -0.3 is 14.5 Å². The number of hydrogen-bond donors (Lipinski definition) is 0. The lowest BCUT2D eigenvalue weighted by Gasteiger charge is -2.32. The molecule has 1 atom stereocenters. The molecule has 2 amide bonds. The van der Waals surface area contributed by atoms with Gasteiger partial charge in [0.05, 0.1) is 17.7 Å². The first kappa shape index (κ1) is 16.5. The van der Waals surface area contributed by atoms with Crippen LogP contribution >= 0.6 is 15.9 Å². The third-order valence-electron chi connectivity index (χ3n) is 4.70. The van der Waals surface area contributed by atoms with Gasteiger partial charge in [-0.3, -0.25) is 9.59 Å². The van der Waals surface area contributed by atoms with Crippen molar-refractivity contribution in [1.82, 2.24) is 4.90 Å². The molecule has 6 heteroatoms. The van der Waals surface area contributed by atoms with E-state index in [9.17, 15) is 9.59 Å². The average molecular weight is 381 g/mol. The molecule has 124 valence electrons. The Hall–Kier alpha value is -1.40. The Morgan fingerprint density at radius 1 is 1.26 bits per heavy atom. The summed E-state index contributed by atoms with van der Waals surface area (Å²) in [6.07, 6.45) is 2.29. The number of amides is 2. The van der Waals surface area contributed by atoms with E-state index in [1.165, 1.54) is 0 Å². The maximum atomic E-state index is 12.7. The number of ether oxygens (including phenoxy) is 1. The summed E-state index contributed by atoms with van der Waals surface area (Å²) in [5.74, 6) is -0.127. The van der Waals surface area contributed by atoms with Gasteiger partial charge in [-0.2, -0.15) is 0 Å². The van der Waals surface area contributed by atoms with Crippen molar-refractivity contribution in [2.45, 2.75) is 25.4 Å². The molecule has 1 aromatic carbocycles. The van der Waals surface area contributed by atoms with Crippen molar-refractivity contribution in [3.05, 3.63) is 28.7 Å². The molecular weight excluding hydrogens is 360 g/mol. The first-order valence-electron chi connectivity index (χ1n) is 7.96. The third-order valence-corrected chi connectivity index (χ3v) is 5.38. The van der Waals surface area contributed by atoms with Crippen LogP contribution in [0.25, 0.3) is 0 Å². The van der Waals surface area contributed by atoms with Crippen molar-refractivity contribution in [2.75, 3.05) is 31.6 Å². The van der Waals surface area contributed by atoms with Gasteiger partial charge in [0.15, 0.2) is 0 Å². The van der Waals surface area contributed by atoms with Gasteiger partial charge in [-0.15, -0.1) is 0 Å². The number of carbonyl (C=O) groups excluding carboxylic acids is 2. The Morgan fingerprint density at radius 3 is 2.61 bits per heavy atom. The van der Waals surface area contributed by atoms with E-state index in [1.54, 1.807) is 12.0 Å². The van der Waals surface area contributed by atoms with Gasteiger partial charge >= 0.3 is 0 Å². The van der Waals surface area contributed by atoms with Gasteiger partial charge in [-0.1, -0.05) is 12.1 Å². The van der Waals surface area contributed by atoms with Gasteiger partial charge in [0.1, 0.15) is 0 Å². The summed E-state index contributed by atoms with van der Waals surface area (Å²) in [6.45, 7) is 1.90. The first-order chi connectivity index (χ1) is 11.1. The second-order valence-corrected chi connectivity index (χ2v) is 6.97. The van der Waals surface area contributed by atoms with Gasteiger partial charge in [0.25, 0.3) is 0 Å². The van der Waals surface area contributed by atoms with E-state index in [0.717, 1.165) is 36.1 Å². The molecule has 0 saturated carbocycles. The van der Waals surface area contributed by atoms with Crippen LogP contribution in [0, 0.1) is 5.92 Å². The lowest BCUT2D eigenvalue weighted by molar-refractivity contribution is -0.138. The first-order valence-corrected chi connectivity index (χ1v) is 8.76. The number of rotatable bonds is 3. The number of hydrogen-bond acceptors (Lipinski definition) is 3. The van der Waals surface area contributed by atoms with Crippen molar-refractivity contribution in [3.63, 3.8) is 0 Å². The number of benzene rings is 1. The highest BCUT2D eigenvalue weighted by Gasteiger charge is 2.38. The number of likely N-dealkylation sites (tertiary alicyclic amines) is 1. The van der Waals surface area contributed by atoms with E-state index >= 15 is 0 Å². The van der Waals surface area contributed by atoms with E-state index in [4.69, 9.17) is 4.74 Å². The van der Waals surface area contributed by atoms with Crippen LogP contribution in [0.3, 0.4) is 0 Å². The van der Waals surface area contributed by atoms with Crippen LogP contribution < -0.4 is 4.90 Å². The molecular formula is C17H21BrN2O3. The molecule has 0 radical (unpaired) electrons. The van der Waals surface area contributed by atoms with Crippen LogP contribution in [0.5, 0.6) is 0 Å². The standard InChI is InChI=1S/C17H21BrN2O3/c1-23-13-6-8-19(9-7-13)17(22)12-10-16(21)20(11-12)15-5-3-2-4-14(15)18/h2-5,12-13H,6-11H2,1H3/t12-/m1/s1. The van der Waals surface area contributed by atoms with E-state index in [0.29, 0.717) is 13.0 Å². The Bertz CT molecular complexity index is 599. The zero-order valence-electron chi connectivity index (χ0n) is 13.2. The molecule has 0 bridgehead atoms. The zero-order chi connectivity index (χ0) is 16.4. The lowest BCUT2D eigenvalue weighted by atomic mass is 10.0. The fraction of sp³-hybridized carbons (Fsp3) is 0.529. The minimum absolute atomic E-state index is 0.0158. The minimum Gasteiger partial charge on any atom is -0.381 e. The smallest absolute Gasteiger partial charge is 0.228 e. The number of piperidine rings is 1. The highest BCUT2D eigenvalue weighted by atomic mass is 79.9. The summed E-state index contributed by atoms with van der Waals surface area (Å²) < 4.78 is 6.22. The third kappa shape index (κ3) is 3.43. The maximum absolute atomic E-state index is 12.7. The molecule has 2 fully saturated rings. The molecule has 2 heterocycles. The normalized spacial score (nSPS) is 22.7. The predicted octanol–water partition coefficient (Wildman–Crippen LogP) is 2.44. The van der Waals surface area contributed by atoms with Crippen LogP contribution in [0.4, 0.5) is 5.69 Å². The Kier molecular flexibility index (Phi) is 5.02. The molecule has 3 rings (SSSR count). The van der Waals surface area contributed by atoms with Gasteiger partial charge in [0, 0.05) is 37.6 Å². The molecule has 2 aliphatic heterocycles. The van der Waals surface area contributed by atoms with Crippen LogP contribution in [-0.4, -0.2) is 49.6 Å². The molecule has 0 aromatic heterocycles. The van der Waals surface area contributed by atoms with Crippen molar-refractivity contribution < 1.29 is 14.3 Å². The van der Waals surface area contributed by atoms with Crippen LogP contribution in [0.2, 0.25) is 0 Å². The van der Waals surface area contributed by atoms with E-state index < -0.39 is 0 Å². The largest absolute Gasteiger partial charge is 0.381 e. The summed E-state index contributed by atoms with van der Waals surface area (Å²) in [5, 5.41) is 0. The van der Waals surface area contributed by atoms with Crippen molar-refractivity contribution in [3.8, 4) is 0 Å². The van der Waals surface area contributed by atoms with E-state index in [1.807, 2.05) is 29.2 Å². The topological polar surface area (TPSA) is 49.9 Å². The predicted molar refractivity (Wildman–Crippen MR) is 91.2 cm³/mol. The van der Waals surface area contributed by atoms with Gasteiger partial charge in [-0.25, -0.2) is 0 Å². The number of methoxy groups -OCH3 is 1. The highest BCUT2D eigenvalue weighted by molar-refractivity contribution is 9.10. The summed E-state index contributed by atoms with van der Waals surface area (Å²) in [7, 11) is 1.72. The zero-order valence-corrected chi connectivity index (χ0v) is 14.8. The molecule has 2 aliphatic rings. The summed E-state index contributed by atoms with van der Waals surface area (Å²) >= 11 is 3.48. The number of para-hydroxylation sites is 1. The van der Waals surface area contributed by atoms with Gasteiger partial charge in [0.2, 0.25) is 11.8 Å². The van der Waals surface area contributed by atoms with E-state index in [2.05, 4.69) is 15.9 Å². The molecule has 23 heavy (non-hydrogen) atoms. The highest BCUT2D eigenvalue weighted by Crippen LogP contribution is 2.32. The molecule has 2 saturated heterocycles. The summed E-state index contributed by atoms with van der Waals surface area (Å²) in [5.41, 5.74) is 0.839. The molecule has 0 spiro atoms. The maximum Gasteiger partial charge on any atom is 0.228 e. The number of anilines is 1. The lowest BCUT2D eigenvalue weighted by Crippen LogP contribution is -2.44. The molecule has 0 unspecified atom stereocenters. The van der Waals surface area contributed by atoms with Crippen molar-refractivity contribution in [2.24, 2.45) is 5.92 Å². The Labute approximate surface area is 144 Å². The van der Waals surface area contributed by atoms with E-state index in [-0.39, 0.29) is 23.8 Å².